The quantitative estimate of drug-likeness (QED) is 0.711. The summed E-state index contributed by atoms with van der Waals surface area (Å²) >= 11 is 0. The van der Waals surface area contributed by atoms with E-state index in [-0.39, 0.29) is 11.7 Å². The maximum absolute atomic E-state index is 12.6. The van der Waals surface area contributed by atoms with E-state index >= 15 is 0 Å². The molecule has 1 fully saturated rings. The SMILES string of the molecule is CCCCC1CCC(C(=O)c2cnnn2CCC)CC1. The van der Waals surface area contributed by atoms with E-state index in [1.165, 1.54) is 32.1 Å². The third-order valence-corrected chi connectivity index (χ3v) is 4.49. The Morgan fingerprint density at radius 2 is 2.00 bits per heavy atom. The zero-order valence-corrected chi connectivity index (χ0v) is 12.8. The molecule has 1 aromatic rings. The van der Waals surface area contributed by atoms with Crippen LogP contribution in [0.3, 0.4) is 0 Å². The standard InChI is InChI=1S/C16H27N3O/c1-3-5-6-13-7-9-14(10-8-13)16(20)15-12-17-18-19(15)11-4-2/h12-14H,3-11H2,1-2H3. The van der Waals surface area contributed by atoms with E-state index in [0.717, 1.165) is 31.7 Å². The van der Waals surface area contributed by atoms with Crippen LogP contribution in [0.15, 0.2) is 6.20 Å². The minimum Gasteiger partial charge on any atom is -0.292 e. The predicted octanol–water partition coefficient (Wildman–Crippen LogP) is 3.87. The van der Waals surface area contributed by atoms with Gasteiger partial charge in [-0.3, -0.25) is 4.79 Å². The van der Waals surface area contributed by atoms with Crippen molar-refractivity contribution in [3.05, 3.63) is 11.9 Å². The lowest BCUT2D eigenvalue weighted by atomic mass is 9.77. The topological polar surface area (TPSA) is 47.8 Å². The number of rotatable bonds is 7. The van der Waals surface area contributed by atoms with Gasteiger partial charge in [-0.1, -0.05) is 38.3 Å². The number of hydrogen-bond donors (Lipinski definition) is 0. The number of Topliss-reactive ketones (excluding diaryl/α,β-unsaturated/α-hetero) is 1. The fourth-order valence-corrected chi connectivity index (χ4v) is 3.24. The molecule has 1 aliphatic carbocycles. The van der Waals surface area contributed by atoms with Crippen LogP contribution in [0.1, 0.15) is 75.7 Å². The molecule has 0 spiro atoms. The van der Waals surface area contributed by atoms with Gasteiger partial charge >= 0.3 is 0 Å². The van der Waals surface area contributed by atoms with Crippen molar-refractivity contribution in [2.24, 2.45) is 11.8 Å². The Kier molecular flexibility index (Phi) is 5.74. The van der Waals surface area contributed by atoms with Crippen LogP contribution in [0.5, 0.6) is 0 Å². The summed E-state index contributed by atoms with van der Waals surface area (Å²) in [5.74, 6) is 1.30. The van der Waals surface area contributed by atoms with Gasteiger partial charge < -0.3 is 0 Å². The van der Waals surface area contributed by atoms with Crippen molar-refractivity contribution in [2.45, 2.75) is 71.8 Å². The Balaban J connectivity index is 1.89. The van der Waals surface area contributed by atoms with Gasteiger partial charge in [0.25, 0.3) is 0 Å². The molecule has 112 valence electrons. The highest BCUT2D eigenvalue weighted by atomic mass is 16.1. The maximum atomic E-state index is 12.6. The third-order valence-electron chi connectivity index (χ3n) is 4.49. The first-order chi connectivity index (χ1) is 9.76. The van der Waals surface area contributed by atoms with Gasteiger partial charge in [-0.2, -0.15) is 0 Å². The summed E-state index contributed by atoms with van der Waals surface area (Å²) in [4.78, 5) is 12.6. The van der Waals surface area contributed by atoms with Crippen LogP contribution in [-0.4, -0.2) is 20.8 Å². The first kappa shape index (κ1) is 15.2. The van der Waals surface area contributed by atoms with E-state index in [2.05, 4.69) is 24.2 Å². The monoisotopic (exact) mass is 277 g/mol. The van der Waals surface area contributed by atoms with Gasteiger partial charge in [0, 0.05) is 12.5 Å². The summed E-state index contributed by atoms with van der Waals surface area (Å²) in [6.07, 6.45) is 11.1. The molecule has 4 nitrogen and oxygen atoms in total. The molecule has 4 heteroatoms. The van der Waals surface area contributed by atoms with E-state index in [1.54, 1.807) is 10.9 Å². The Morgan fingerprint density at radius 1 is 1.25 bits per heavy atom. The predicted molar refractivity (Wildman–Crippen MR) is 79.6 cm³/mol. The lowest BCUT2D eigenvalue weighted by molar-refractivity contribution is 0.0858. The minimum absolute atomic E-state index is 0.196. The number of unbranched alkanes of at least 4 members (excludes halogenated alkanes) is 1. The summed E-state index contributed by atoms with van der Waals surface area (Å²) in [6, 6.07) is 0. The number of aromatic nitrogens is 3. The smallest absolute Gasteiger partial charge is 0.185 e. The van der Waals surface area contributed by atoms with Gasteiger partial charge in [0.2, 0.25) is 0 Å². The van der Waals surface area contributed by atoms with Crippen molar-refractivity contribution in [2.75, 3.05) is 0 Å². The first-order valence-electron chi connectivity index (χ1n) is 8.18. The molecule has 1 aromatic heterocycles. The van der Waals surface area contributed by atoms with Crippen molar-refractivity contribution in [3.63, 3.8) is 0 Å². The second kappa shape index (κ2) is 7.55. The molecule has 0 saturated heterocycles. The highest BCUT2D eigenvalue weighted by Gasteiger charge is 2.28. The zero-order chi connectivity index (χ0) is 14.4. The van der Waals surface area contributed by atoms with Crippen molar-refractivity contribution in [1.29, 1.82) is 0 Å². The van der Waals surface area contributed by atoms with Crippen LogP contribution in [0.2, 0.25) is 0 Å². The van der Waals surface area contributed by atoms with Gasteiger partial charge in [0.05, 0.1) is 6.20 Å². The molecule has 0 N–H and O–H groups in total. The van der Waals surface area contributed by atoms with Gasteiger partial charge in [0.1, 0.15) is 5.69 Å². The molecule has 0 atom stereocenters. The van der Waals surface area contributed by atoms with E-state index in [9.17, 15) is 4.79 Å². The Labute approximate surface area is 121 Å². The zero-order valence-electron chi connectivity index (χ0n) is 12.8. The summed E-state index contributed by atoms with van der Waals surface area (Å²) in [5.41, 5.74) is 0.712. The second-order valence-electron chi connectivity index (χ2n) is 6.07. The highest BCUT2D eigenvalue weighted by molar-refractivity contribution is 5.96. The molecule has 0 radical (unpaired) electrons. The van der Waals surface area contributed by atoms with Crippen LogP contribution in [0.25, 0.3) is 0 Å². The molecular weight excluding hydrogens is 250 g/mol. The van der Waals surface area contributed by atoms with Crippen LogP contribution >= 0.6 is 0 Å². The molecular formula is C16H27N3O. The molecule has 2 rings (SSSR count). The van der Waals surface area contributed by atoms with Crippen LogP contribution < -0.4 is 0 Å². The molecule has 20 heavy (non-hydrogen) atoms. The normalized spacial score (nSPS) is 22.9. The maximum Gasteiger partial charge on any atom is 0.185 e. The van der Waals surface area contributed by atoms with E-state index in [1.807, 2.05) is 0 Å². The molecule has 0 amide bonds. The minimum atomic E-state index is 0.196. The molecule has 1 aliphatic rings. The first-order valence-corrected chi connectivity index (χ1v) is 8.18. The average molecular weight is 277 g/mol. The lowest BCUT2D eigenvalue weighted by Gasteiger charge is -2.27. The van der Waals surface area contributed by atoms with Crippen molar-refractivity contribution in [1.82, 2.24) is 15.0 Å². The van der Waals surface area contributed by atoms with Crippen LogP contribution in [0, 0.1) is 11.8 Å². The molecule has 1 saturated carbocycles. The molecule has 1 heterocycles. The fourth-order valence-electron chi connectivity index (χ4n) is 3.24. The van der Waals surface area contributed by atoms with Crippen LogP contribution in [-0.2, 0) is 6.54 Å². The average Bonchev–Trinajstić information content (AvgIpc) is 2.93. The number of carbonyl (C=O) groups excluding carboxylic acids is 1. The van der Waals surface area contributed by atoms with Gasteiger partial charge in [-0.05, 0) is 38.0 Å². The summed E-state index contributed by atoms with van der Waals surface area (Å²) in [5, 5.41) is 7.93. The number of hydrogen-bond acceptors (Lipinski definition) is 3. The van der Waals surface area contributed by atoms with E-state index in [0.29, 0.717) is 5.69 Å². The summed E-state index contributed by atoms with van der Waals surface area (Å²) in [7, 11) is 0. The fraction of sp³-hybridized carbons (Fsp3) is 0.812. The molecule has 0 aliphatic heterocycles. The van der Waals surface area contributed by atoms with Crippen molar-refractivity contribution < 1.29 is 4.79 Å². The summed E-state index contributed by atoms with van der Waals surface area (Å²) < 4.78 is 1.77. The Hall–Kier alpha value is -1.19. The molecule has 0 unspecified atom stereocenters. The number of aryl methyl sites for hydroxylation is 1. The van der Waals surface area contributed by atoms with Crippen LogP contribution in [0.4, 0.5) is 0 Å². The molecule has 0 bridgehead atoms. The van der Waals surface area contributed by atoms with Gasteiger partial charge in [-0.15, -0.1) is 5.10 Å². The second-order valence-corrected chi connectivity index (χ2v) is 6.07. The Bertz CT molecular complexity index is 419. The van der Waals surface area contributed by atoms with E-state index in [4.69, 9.17) is 0 Å². The van der Waals surface area contributed by atoms with Gasteiger partial charge in [-0.25, -0.2) is 4.68 Å². The number of carbonyl (C=O) groups is 1. The number of ketones is 1. The lowest BCUT2D eigenvalue weighted by Crippen LogP contribution is -2.24. The van der Waals surface area contributed by atoms with Crippen molar-refractivity contribution >= 4 is 5.78 Å². The molecule has 0 aromatic carbocycles. The van der Waals surface area contributed by atoms with E-state index < -0.39 is 0 Å². The largest absolute Gasteiger partial charge is 0.292 e. The number of nitrogens with zero attached hydrogens (tertiary/aromatic N) is 3. The third kappa shape index (κ3) is 3.68. The Morgan fingerprint density at radius 3 is 2.65 bits per heavy atom. The van der Waals surface area contributed by atoms with Crippen molar-refractivity contribution in [3.8, 4) is 0 Å². The highest BCUT2D eigenvalue weighted by Crippen LogP contribution is 2.33. The van der Waals surface area contributed by atoms with Gasteiger partial charge in [0.15, 0.2) is 5.78 Å². The summed E-state index contributed by atoms with van der Waals surface area (Å²) in [6.45, 7) is 5.12.